The van der Waals surface area contributed by atoms with E-state index in [0.29, 0.717) is 36.1 Å². The van der Waals surface area contributed by atoms with E-state index in [4.69, 9.17) is 9.47 Å². The molecule has 0 bridgehead atoms. The average Bonchev–Trinajstić information content (AvgIpc) is 3.11. The molecule has 5 rings (SSSR count). The molecule has 49 heavy (non-hydrogen) atoms. The highest BCUT2D eigenvalue weighted by Gasteiger charge is 2.38. The van der Waals surface area contributed by atoms with E-state index in [0.717, 1.165) is 53.6 Å². The number of hydrogen-bond donors (Lipinski definition) is 2. The first kappa shape index (κ1) is 35.8. The van der Waals surface area contributed by atoms with Crippen molar-refractivity contribution in [3.8, 4) is 5.75 Å². The number of carbonyl (C=O) groups is 3. The molecule has 1 aliphatic rings. The van der Waals surface area contributed by atoms with Gasteiger partial charge in [0.25, 0.3) is 0 Å². The number of rotatable bonds is 13. The molecule has 9 nitrogen and oxygen atoms in total. The number of carbonyl (C=O) groups excluding carboxylic acids is 3. The van der Waals surface area contributed by atoms with Crippen LogP contribution in [0.1, 0.15) is 37.3 Å². The third kappa shape index (κ3) is 9.78. The Kier molecular flexibility index (Phi) is 12.6. The first-order valence-electron chi connectivity index (χ1n) is 16.6. The van der Waals surface area contributed by atoms with E-state index >= 15 is 0 Å². The first-order chi connectivity index (χ1) is 23.8. The van der Waals surface area contributed by atoms with Crippen LogP contribution in [-0.4, -0.2) is 56.1 Å². The summed E-state index contributed by atoms with van der Waals surface area (Å²) in [6, 6.07) is 32.3. The molecule has 0 aliphatic carbocycles. The van der Waals surface area contributed by atoms with Crippen LogP contribution in [0.2, 0.25) is 0 Å². The molecule has 2 N–H and O–H groups in total. The van der Waals surface area contributed by atoms with Crippen LogP contribution in [0.4, 0.5) is 21.9 Å². The summed E-state index contributed by atoms with van der Waals surface area (Å²) in [5.41, 5.74) is 3.95. The second kappa shape index (κ2) is 17.2. The second-order valence-electron chi connectivity index (χ2n) is 12.5. The molecule has 256 valence electrons. The minimum atomic E-state index is -0.412. The third-order valence-corrected chi connectivity index (χ3v) is 9.86. The topological polar surface area (TPSA) is 97.0 Å². The second-order valence-corrected chi connectivity index (χ2v) is 13.3. The molecule has 10 heteroatoms. The van der Waals surface area contributed by atoms with Gasteiger partial charge in [0.2, 0.25) is 0 Å². The molecular formula is C39H44BrN4O5+. The Morgan fingerprint density at radius 1 is 0.837 bits per heavy atom. The van der Waals surface area contributed by atoms with Gasteiger partial charge in [0.1, 0.15) is 24.6 Å². The number of methoxy groups -OCH3 is 1. The van der Waals surface area contributed by atoms with E-state index < -0.39 is 6.03 Å². The van der Waals surface area contributed by atoms with Gasteiger partial charge in [0.05, 0.1) is 38.5 Å². The van der Waals surface area contributed by atoms with Gasteiger partial charge in [-0.05, 0) is 71.5 Å². The number of para-hydroxylation sites is 1. The molecule has 1 unspecified atom stereocenters. The lowest BCUT2D eigenvalue weighted by molar-refractivity contribution is -0.146. The maximum atomic E-state index is 13.8. The fourth-order valence-electron chi connectivity index (χ4n) is 6.34. The average molecular weight is 729 g/mol. The number of ether oxygens (including phenoxy) is 2. The van der Waals surface area contributed by atoms with E-state index in [-0.39, 0.29) is 29.5 Å². The van der Waals surface area contributed by atoms with Gasteiger partial charge in [-0.2, -0.15) is 0 Å². The molecule has 1 aliphatic heterocycles. The normalized spacial score (nSPS) is 14.8. The van der Waals surface area contributed by atoms with Crippen molar-refractivity contribution in [1.82, 2.24) is 9.38 Å². The smallest absolute Gasteiger partial charge is 0.323 e. The van der Waals surface area contributed by atoms with Crippen LogP contribution in [-0.2, 0) is 27.5 Å². The highest BCUT2D eigenvalue weighted by molar-refractivity contribution is 9.10. The lowest BCUT2D eigenvalue weighted by Crippen LogP contribution is -2.53. The Hall–Kier alpha value is -4.51. The zero-order valence-electron chi connectivity index (χ0n) is 28.1. The molecule has 1 atom stereocenters. The van der Waals surface area contributed by atoms with Gasteiger partial charge >= 0.3 is 17.9 Å². The lowest BCUT2D eigenvalue weighted by Gasteiger charge is -2.37. The summed E-state index contributed by atoms with van der Waals surface area (Å²) in [6.07, 6.45) is 2.72. The minimum Gasteiger partial charge on any atom is -0.494 e. The molecule has 1 saturated heterocycles. The van der Waals surface area contributed by atoms with Gasteiger partial charge in [-0.15, -0.1) is 0 Å². The van der Waals surface area contributed by atoms with Crippen LogP contribution < -0.4 is 19.9 Å². The molecule has 0 saturated carbocycles. The first-order valence-corrected chi connectivity index (χ1v) is 17.4. The minimum absolute atomic E-state index is 0.0249. The van der Waals surface area contributed by atoms with Crippen LogP contribution in [0.15, 0.2) is 108 Å². The van der Waals surface area contributed by atoms with Crippen LogP contribution in [0.5, 0.6) is 5.75 Å². The van der Waals surface area contributed by atoms with E-state index in [9.17, 15) is 14.4 Å². The van der Waals surface area contributed by atoms with Crippen molar-refractivity contribution in [3.05, 3.63) is 119 Å². The summed E-state index contributed by atoms with van der Waals surface area (Å²) < 4.78 is 12.1. The number of piperidine rings is 1. The Morgan fingerprint density at radius 3 is 2.12 bits per heavy atom. The molecule has 4 aromatic rings. The van der Waals surface area contributed by atoms with Gasteiger partial charge in [-0.3, -0.25) is 9.69 Å². The maximum absolute atomic E-state index is 13.8. The predicted molar refractivity (Wildman–Crippen MR) is 197 cm³/mol. The number of hydrogen-bond acceptors (Lipinski definition) is 6. The molecule has 0 aromatic heterocycles. The van der Waals surface area contributed by atoms with E-state index in [2.05, 4.69) is 31.5 Å². The van der Waals surface area contributed by atoms with Crippen molar-refractivity contribution in [2.75, 3.05) is 43.9 Å². The van der Waals surface area contributed by atoms with Crippen LogP contribution >= 0.6 is 15.9 Å². The fraction of sp³-hybridized carbons (Fsp3) is 0.308. The molecule has 4 aromatic carbocycles. The van der Waals surface area contributed by atoms with Crippen LogP contribution in [0, 0.1) is 5.92 Å². The number of amides is 3. The molecule has 0 radical (unpaired) electrons. The number of urea groups is 1. The highest BCUT2D eigenvalue weighted by atomic mass is 79.9. The number of halogens is 1. The standard InChI is InChI=1S/C39H43BrN4O5/c1-29(45)44(27-31-11-5-3-6-12-31,24-21-30-19-22-43(23-20-30)26-38(46)49-28-32-13-7-4-8-14-32)33-17-18-36(37(25-33)48-2)42-39(47)41-35-16-10-9-15-34(35)40/h3-18,25,30H,19-24,26-28H2,1-2H3,(H-,41,42,47)/p+1. The van der Waals surface area contributed by atoms with Crippen molar-refractivity contribution in [3.63, 3.8) is 0 Å². The summed E-state index contributed by atoms with van der Waals surface area (Å²) >= 11 is 3.46. The molecule has 1 fully saturated rings. The van der Waals surface area contributed by atoms with Gasteiger partial charge in [0.15, 0.2) is 0 Å². The quantitative estimate of drug-likeness (QED) is 0.107. The highest BCUT2D eigenvalue weighted by Crippen LogP contribution is 2.37. The predicted octanol–water partition coefficient (Wildman–Crippen LogP) is 8.00. The number of nitrogens with zero attached hydrogens (tertiary/aromatic N) is 2. The van der Waals surface area contributed by atoms with Crippen molar-refractivity contribution >= 4 is 50.9 Å². The number of likely N-dealkylation sites (tertiary alicyclic amines) is 1. The lowest BCUT2D eigenvalue weighted by atomic mass is 9.92. The Bertz CT molecular complexity index is 1710. The van der Waals surface area contributed by atoms with Gasteiger partial charge in [-0.25, -0.2) is 14.1 Å². The monoisotopic (exact) mass is 727 g/mol. The zero-order valence-corrected chi connectivity index (χ0v) is 29.7. The molecule has 3 amide bonds. The van der Waals surface area contributed by atoms with Crippen molar-refractivity contribution < 1.29 is 23.9 Å². The number of anilines is 2. The van der Waals surface area contributed by atoms with Gasteiger partial charge < -0.3 is 20.1 Å². The third-order valence-electron chi connectivity index (χ3n) is 9.17. The Balaban J connectivity index is 1.26. The van der Waals surface area contributed by atoms with Crippen LogP contribution in [0.3, 0.4) is 0 Å². The number of esters is 1. The van der Waals surface area contributed by atoms with Crippen LogP contribution in [0.25, 0.3) is 0 Å². The largest absolute Gasteiger partial charge is 0.494 e. The van der Waals surface area contributed by atoms with Crippen molar-refractivity contribution in [1.29, 1.82) is 0 Å². The summed E-state index contributed by atoms with van der Waals surface area (Å²) in [5.74, 6) is 0.684. The van der Waals surface area contributed by atoms with Crippen molar-refractivity contribution in [2.45, 2.75) is 39.3 Å². The number of benzene rings is 4. The SMILES string of the molecule is COc1cc([N+](CCC2CCN(CC(=O)OCc3ccccc3)CC2)(Cc2ccccc2)C(C)=O)ccc1NC(=O)Nc1ccccc1Br. The molecule has 1 heterocycles. The maximum Gasteiger partial charge on any atom is 0.323 e. The van der Waals surface area contributed by atoms with Crippen molar-refractivity contribution in [2.24, 2.45) is 5.92 Å². The molecular weight excluding hydrogens is 684 g/mol. The summed E-state index contributed by atoms with van der Waals surface area (Å²) in [6.45, 7) is 4.91. The van der Waals surface area contributed by atoms with E-state index in [1.54, 1.807) is 26.2 Å². The van der Waals surface area contributed by atoms with E-state index in [1.165, 1.54) is 0 Å². The van der Waals surface area contributed by atoms with E-state index in [1.807, 2.05) is 91.0 Å². The zero-order chi connectivity index (χ0) is 34.6. The number of nitrogens with one attached hydrogen (secondary N) is 2. The van der Waals surface area contributed by atoms with Gasteiger partial charge in [-0.1, -0.05) is 72.8 Å². The number of quaternary nitrogens is 1. The summed E-state index contributed by atoms with van der Waals surface area (Å²) in [7, 11) is 1.56. The Morgan fingerprint density at radius 2 is 1.47 bits per heavy atom. The van der Waals surface area contributed by atoms with Gasteiger partial charge in [0, 0.05) is 28.6 Å². The Labute approximate surface area is 296 Å². The molecule has 0 spiro atoms. The fourth-order valence-corrected chi connectivity index (χ4v) is 6.72. The summed E-state index contributed by atoms with van der Waals surface area (Å²) in [5, 5.41) is 5.74. The summed E-state index contributed by atoms with van der Waals surface area (Å²) in [4.78, 5) is 41.3.